The predicted octanol–water partition coefficient (Wildman–Crippen LogP) is 1.99. The van der Waals surface area contributed by atoms with Crippen molar-refractivity contribution in [1.29, 1.82) is 0 Å². The van der Waals surface area contributed by atoms with Crippen molar-refractivity contribution in [3.05, 3.63) is 16.1 Å². The van der Waals surface area contributed by atoms with E-state index >= 15 is 0 Å². The van der Waals surface area contributed by atoms with Gasteiger partial charge in [-0.2, -0.15) is 0 Å². The van der Waals surface area contributed by atoms with E-state index in [1.54, 1.807) is 11.3 Å². The Morgan fingerprint density at radius 2 is 2.27 bits per heavy atom. The van der Waals surface area contributed by atoms with Crippen molar-refractivity contribution in [2.75, 3.05) is 19.6 Å². The number of aryl methyl sites for hydroxylation is 1. The van der Waals surface area contributed by atoms with Crippen LogP contribution in [0.3, 0.4) is 0 Å². The summed E-state index contributed by atoms with van der Waals surface area (Å²) in [5, 5.41) is 8.11. The lowest BCUT2D eigenvalue weighted by molar-refractivity contribution is 0.315. The molecular weight excluding hydrogens is 294 g/mol. The summed E-state index contributed by atoms with van der Waals surface area (Å²) in [6, 6.07) is 1.36. The van der Waals surface area contributed by atoms with Gasteiger partial charge in [-0.15, -0.1) is 11.3 Å². The Balaban J connectivity index is 1.58. The number of likely N-dealkylation sites (tertiary alicyclic amines) is 1. The van der Waals surface area contributed by atoms with Gasteiger partial charge in [0.15, 0.2) is 5.96 Å². The zero-order valence-corrected chi connectivity index (χ0v) is 14.6. The van der Waals surface area contributed by atoms with Gasteiger partial charge in [0.05, 0.1) is 11.6 Å². The van der Waals surface area contributed by atoms with Gasteiger partial charge in [-0.3, -0.25) is 4.90 Å². The fraction of sp³-hybridized carbons (Fsp3) is 0.750. The molecule has 2 aliphatic rings. The third kappa shape index (κ3) is 3.98. The molecule has 0 amide bonds. The highest BCUT2D eigenvalue weighted by Crippen LogP contribution is 2.31. The van der Waals surface area contributed by atoms with Gasteiger partial charge in [0.1, 0.15) is 0 Å². The number of aliphatic imine (C=N–C) groups is 1. The number of aromatic nitrogens is 1. The number of guanidine groups is 1. The van der Waals surface area contributed by atoms with E-state index in [0.29, 0.717) is 18.5 Å². The van der Waals surface area contributed by atoms with Crippen molar-refractivity contribution >= 4 is 17.3 Å². The predicted molar refractivity (Wildman–Crippen MR) is 92.3 cm³/mol. The topological polar surface area (TPSA) is 52.6 Å². The van der Waals surface area contributed by atoms with Crippen molar-refractivity contribution in [3.63, 3.8) is 0 Å². The highest BCUT2D eigenvalue weighted by atomic mass is 32.1. The molecule has 2 unspecified atom stereocenters. The molecule has 0 spiro atoms. The summed E-state index contributed by atoms with van der Waals surface area (Å²) in [6.45, 7) is 10.5. The maximum atomic E-state index is 4.73. The van der Waals surface area contributed by atoms with Crippen LogP contribution in [0.15, 0.2) is 11.2 Å². The lowest BCUT2D eigenvalue weighted by Crippen LogP contribution is -2.46. The minimum absolute atomic E-state index is 0.501. The van der Waals surface area contributed by atoms with Crippen LogP contribution in [0.4, 0.5) is 0 Å². The molecular formula is C16H27N5S. The lowest BCUT2D eigenvalue weighted by atomic mass is 10.1. The first kappa shape index (κ1) is 15.7. The number of hydrogen-bond acceptors (Lipinski definition) is 4. The maximum Gasteiger partial charge on any atom is 0.191 e. The van der Waals surface area contributed by atoms with E-state index in [1.165, 1.54) is 24.3 Å². The number of nitrogens with one attached hydrogen (secondary N) is 2. The molecule has 2 atom stereocenters. The largest absolute Gasteiger partial charge is 0.357 e. The average molecular weight is 321 g/mol. The SMILES string of the molecule is CCNC(=NCc1cnc(C)s1)NC1CN(C2CC2)CC1C. The molecule has 5 nitrogen and oxygen atoms in total. The minimum Gasteiger partial charge on any atom is -0.357 e. The zero-order valence-electron chi connectivity index (χ0n) is 13.8. The monoisotopic (exact) mass is 321 g/mol. The molecule has 3 rings (SSSR count). The van der Waals surface area contributed by atoms with Crippen molar-refractivity contribution < 1.29 is 0 Å². The average Bonchev–Trinajstić information content (AvgIpc) is 3.16. The molecule has 0 bridgehead atoms. The first-order chi connectivity index (χ1) is 10.7. The van der Waals surface area contributed by atoms with Crippen molar-refractivity contribution in [2.45, 2.75) is 52.2 Å². The first-order valence-corrected chi connectivity index (χ1v) is 9.17. The number of thiazole rings is 1. The van der Waals surface area contributed by atoms with Gasteiger partial charge in [-0.05, 0) is 32.6 Å². The normalized spacial score (nSPS) is 26.4. The Bertz CT molecular complexity index is 522. The van der Waals surface area contributed by atoms with E-state index < -0.39 is 0 Å². The number of rotatable bonds is 5. The summed E-state index contributed by atoms with van der Waals surface area (Å²) in [4.78, 5) is 12.9. The summed E-state index contributed by atoms with van der Waals surface area (Å²) >= 11 is 1.72. The molecule has 1 aliphatic carbocycles. The molecule has 1 aromatic rings. The van der Waals surface area contributed by atoms with Crippen LogP contribution < -0.4 is 10.6 Å². The molecule has 1 saturated carbocycles. The molecule has 6 heteroatoms. The van der Waals surface area contributed by atoms with Crippen LogP contribution in [0.5, 0.6) is 0 Å². The molecule has 2 N–H and O–H groups in total. The van der Waals surface area contributed by atoms with Crippen LogP contribution in [-0.4, -0.2) is 47.6 Å². The van der Waals surface area contributed by atoms with E-state index in [0.717, 1.165) is 30.1 Å². The van der Waals surface area contributed by atoms with E-state index in [9.17, 15) is 0 Å². The van der Waals surface area contributed by atoms with Gasteiger partial charge in [-0.25, -0.2) is 9.98 Å². The second-order valence-electron chi connectivity index (χ2n) is 6.45. The van der Waals surface area contributed by atoms with E-state index in [1.807, 2.05) is 13.1 Å². The molecule has 1 aromatic heterocycles. The van der Waals surface area contributed by atoms with Gasteiger partial charge in [-0.1, -0.05) is 6.92 Å². The summed E-state index contributed by atoms with van der Waals surface area (Å²) < 4.78 is 0. The van der Waals surface area contributed by atoms with Crippen LogP contribution in [0.1, 0.15) is 36.6 Å². The Hall–Kier alpha value is -1.14. The molecule has 1 aliphatic heterocycles. The smallest absolute Gasteiger partial charge is 0.191 e. The summed E-state index contributed by atoms with van der Waals surface area (Å²) in [5.74, 6) is 1.61. The van der Waals surface area contributed by atoms with Crippen LogP contribution in [0.25, 0.3) is 0 Å². The molecule has 2 heterocycles. The maximum absolute atomic E-state index is 4.73. The Kier molecular flexibility index (Phi) is 4.98. The first-order valence-electron chi connectivity index (χ1n) is 8.36. The second kappa shape index (κ2) is 6.96. The fourth-order valence-corrected chi connectivity index (χ4v) is 3.78. The van der Waals surface area contributed by atoms with Gasteiger partial charge in [0, 0.05) is 42.8 Å². The molecule has 2 fully saturated rings. The van der Waals surface area contributed by atoms with Crippen LogP contribution in [0.2, 0.25) is 0 Å². The fourth-order valence-electron chi connectivity index (χ4n) is 3.06. The summed E-state index contributed by atoms with van der Waals surface area (Å²) in [7, 11) is 0. The number of hydrogen-bond donors (Lipinski definition) is 2. The molecule has 1 saturated heterocycles. The molecule has 22 heavy (non-hydrogen) atoms. The van der Waals surface area contributed by atoms with E-state index in [2.05, 4.69) is 34.4 Å². The Morgan fingerprint density at radius 3 is 2.91 bits per heavy atom. The van der Waals surface area contributed by atoms with Gasteiger partial charge in [0.2, 0.25) is 0 Å². The second-order valence-corrected chi connectivity index (χ2v) is 7.77. The van der Waals surface area contributed by atoms with Crippen LogP contribution >= 0.6 is 11.3 Å². The highest BCUT2D eigenvalue weighted by molar-refractivity contribution is 7.11. The van der Waals surface area contributed by atoms with E-state index in [-0.39, 0.29) is 0 Å². The quantitative estimate of drug-likeness (QED) is 0.643. The van der Waals surface area contributed by atoms with Crippen LogP contribution in [0, 0.1) is 12.8 Å². The third-order valence-electron chi connectivity index (χ3n) is 4.43. The Labute approximate surface area is 137 Å². The molecule has 122 valence electrons. The minimum atomic E-state index is 0.501. The standard InChI is InChI=1S/C16H27N5S/c1-4-17-16(19-8-14-7-18-12(3)22-14)20-15-10-21(9-11(15)2)13-5-6-13/h7,11,13,15H,4-6,8-10H2,1-3H3,(H2,17,19,20). The number of nitrogens with zero attached hydrogens (tertiary/aromatic N) is 3. The van der Waals surface area contributed by atoms with Crippen LogP contribution in [-0.2, 0) is 6.54 Å². The van der Waals surface area contributed by atoms with Crippen molar-refractivity contribution in [1.82, 2.24) is 20.5 Å². The summed E-state index contributed by atoms with van der Waals surface area (Å²) in [5.41, 5.74) is 0. The summed E-state index contributed by atoms with van der Waals surface area (Å²) in [6.07, 6.45) is 4.71. The molecule has 0 aromatic carbocycles. The van der Waals surface area contributed by atoms with Crippen molar-refractivity contribution in [3.8, 4) is 0 Å². The van der Waals surface area contributed by atoms with E-state index in [4.69, 9.17) is 4.99 Å². The Morgan fingerprint density at radius 1 is 1.45 bits per heavy atom. The third-order valence-corrected chi connectivity index (χ3v) is 5.33. The van der Waals surface area contributed by atoms with Gasteiger partial charge in [0.25, 0.3) is 0 Å². The molecule has 0 radical (unpaired) electrons. The highest BCUT2D eigenvalue weighted by Gasteiger charge is 2.38. The lowest BCUT2D eigenvalue weighted by Gasteiger charge is -2.20. The van der Waals surface area contributed by atoms with Crippen molar-refractivity contribution in [2.24, 2.45) is 10.9 Å². The van der Waals surface area contributed by atoms with Gasteiger partial charge >= 0.3 is 0 Å². The zero-order chi connectivity index (χ0) is 15.5. The van der Waals surface area contributed by atoms with Gasteiger partial charge < -0.3 is 10.6 Å².